The Morgan fingerprint density at radius 1 is 1.08 bits per heavy atom. The van der Waals surface area contributed by atoms with Gasteiger partial charge in [0.15, 0.2) is 0 Å². The number of carboxylic acids is 1. The Morgan fingerprint density at radius 3 is 2.32 bits per heavy atom. The second-order valence-electron chi connectivity index (χ2n) is 5.38. The summed E-state index contributed by atoms with van der Waals surface area (Å²) in [6.45, 7) is 0.124. The van der Waals surface area contributed by atoms with Crippen molar-refractivity contribution in [2.45, 2.75) is 18.9 Å². The number of benzene rings is 2. The molecule has 0 aromatic heterocycles. The Hall–Kier alpha value is -2.73. The highest BCUT2D eigenvalue weighted by molar-refractivity contribution is 6.30. The fourth-order valence-corrected chi connectivity index (χ4v) is 2.25. The fraction of sp³-hybridized carbons (Fsp3) is 0.222. The van der Waals surface area contributed by atoms with Crippen LogP contribution < -0.4 is 10.1 Å². The number of halogens is 1. The van der Waals surface area contributed by atoms with E-state index in [0.29, 0.717) is 16.3 Å². The Balaban J connectivity index is 1.82. The lowest BCUT2D eigenvalue weighted by atomic mass is 10.1. The monoisotopic (exact) mass is 363 g/mol. The quantitative estimate of drug-likeness (QED) is 0.670. The number of hydrogen-bond donors (Lipinski definition) is 3. The molecule has 0 bridgehead atoms. The molecule has 0 heterocycles. The third-order valence-corrected chi connectivity index (χ3v) is 3.67. The topological polar surface area (TPSA) is 95.9 Å². The lowest BCUT2D eigenvalue weighted by Crippen LogP contribution is -2.42. The highest BCUT2D eigenvalue weighted by Crippen LogP contribution is 2.15. The van der Waals surface area contributed by atoms with Gasteiger partial charge in [-0.15, -0.1) is 0 Å². The second-order valence-corrected chi connectivity index (χ2v) is 5.82. The number of carbonyl (C=O) groups is 2. The number of carboxylic acid groups (broad SMARTS) is 1. The van der Waals surface area contributed by atoms with E-state index in [4.69, 9.17) is 16.3 Å². The zero-order valence-corrected chi connectivity index (χ0v) is 14.1. The van der Waals surface area contributed by atoms with Crippen molar-refractivity contribution in [3.63, 3.8) is 0 Å². The summed E-state index contributed by atoms with van der Waals surface area (Å²) in [6.07, 6.45) is 0.154. The molecule has 7 heteroatoms. The number of aliphatic carboxylic acids is 1. The van der Waals surface area contributed by atoms with Crippen LogP contribution in [-0.2, 0) is 16.0 Å². The Morgan fingerprint density at radius 2 is 1.72 bits per heavy atom. The van der Waals surface area contributed by atoms with Crippen LogP contribution in [0.3, 0.4) is 0 Å². The maximum atomic E-state index is 11.9. The third kappa shape index (κ3) is 6.35. The molecule has 0 aliphatic carbocycles. The number of aromatic hydroxyl groups is 1. The molecule has 2 rings (SSSR count). The summed E-state index contributed by atoms with van der Waals surface area (Å²) < 4.78 is 5.41. The summed E-state index contributed by atoms with van der Waals surface area (Å²) in [5.41, 5.74) is 0.697. The first-order chi connectivity index (χ1) is 11.9. The molecular weight excluding hydrogens is 346 g/mol. The van der Waals surface area contributed by atoms with Crippen molar-refractivity contribution in [2.24, 2.45) is 0 Å². The fourth-order valence-electron chi connectivity index (χ4n) is 2.13. The summed E-state index contributed by atoms with van der Waals surface area (Å²) in [7, 11) is 0. The van der Waals surface area contributed by atoms with E-state index in [1.165, 1.54) is 12.1 Å². The van der Waals surface area contributed by atoms with Crippen molar-refractivity contribution in [2.75, 3.05) is 6.61 Å². The molecule has 25 heavy (non-hydrogen) atoms. The predicted molar refractivity (Wildman–Crippen MR) is 92.9 cm³/mol. The van der Waals surface area contributed by atoms with Crippen molar-refractivity contribution in [1.82, 2.24) is 5.32 Å². The number of rotatable bonds is 8. The van der Waals surface area contributed by atoms with Gasteiger partial charge < -0.3 is 20.3 Å². The average molecular weight is 364 g/mol. The van der Waals surface area contributed by atoms with E-state index in [9.17, 15) is 19.8 Å². The van der Waals surface area contributed by atoms with Gasteiger partial charge in [-0.1, -0.05) is 23.7 Å². The molecule has 3 N–H and O–H groups in total. The van der Waals surface area contributed by atoms with Crippen LogP contribution in [0.5, 0.6) is 11.5 Å². The maximum Gasteiger partial charge on any atom is 0.326 e. The van der Waals surface area contributed by atoms with Gasteiger partial charge in [0.1, 0.15) is 17.5 Å². The van der Waals surface area contributed by atoms with Gasteiger partial charge in [-0.2, -0.15) is 0 Å². The molecule has 0 aliphatic heterocycles. The number of carbonyl (C=O) groups excluding carboxylic acids is 1. The van der Waals surface area contributed by atoms with E-state index in [1.807, 2.05) is 0 Å². The highest BCUT2D eigenvalue weighted by Gasteiger charge is 2.20. The van der Waals surface area contributed by atoms with E-state index in [0.717, 1.165) is 0 Å². The molecule has 0 aliphatic rings. The van der Waals surface area contributed by atoms with Gasteiger partial charge in [0.05, 0.1) is 13.0 Å². The van der Waals surface area contributed by atoms with Crippen LogP contribution >= 0.6 is 11.6 Å². The molecule has 0 saturated carbocycles. The van der Waals surface area contributed by atoms with E-state index in [1.54, 1.807) is 36.4 Å². The lowest BCUT2D eigenvalue weighted by Gasteiger charge is -2.15. The van der Waals surface area contributed by atoms with Crippen molar-refractivity contribution < 1.29 is 24.5 Å². The summed E-state index contributed by atoms with van der Waals surface area (Å²) >= 11 is 5.77. The van der Waals surface area contributed by atoms with Gasteiger partial charge in [0.2, 0.25) is 5.91 Å². The van der Waals surface area contributed by atoms with Crippen LogP contribution in [0.1, 0.15) is 12.0 Å². The van der Waals surface area contributed by atoms with E-state index in [-0.39, 0.29) is 25.2 Å². The number of amides is 1. The molecular formula is C18H18ClNO5. The molecule has 132 valence electrons. The molecule has 0 spiro atoms. The number of hydrogen-bond acceptors (Lipinski definition) is 4. The number of phenolic OH excluding ortho intramolecular Hbond substituents is 1. The number of ether oxygens (including phenoxy) is 1. The van der Waals surface area contributed by atoms with Crippen molar-refractivity contribution >= 4 is 23.5 Å². The van der Waals surface area contributed by atoms with Crippen molar-refractivity contribution in [3.05, 3.63) is 59.1 Å². The van der Waals surface area contributed by atoms with Crippen LogP contribution in [-0.4, -0.2) is 34.7 Å². The van der Waals surface area contributed by atoms with Gasteiger partial charge in [0, 0.05) is 11.4 Å². The standard InChI is InChI=1S/C18H18ClNO5/c19-13-3-7-15(8-4-13)25-10-9-17(22)20-16(18(23)24)11-12-1-5-14(21)6-2-12/h1-8,16,21H,9-11H2,(H,20,22)(H,23,24). The first-order valence-electron chi connectivity index (χ1n) is 7.62. The smallest absolute Gasteiger partial charge is 0.326 e. The largest absolute Gasteiger partial charge is 0.508 e. The van der Waals surface area contributed by atoms with Crippen LogP contribution in [0.15, 0.2) is 48.5 Å². The Bertz CT molecular complexity index is 715. The molecule has 2 aromatic rings. The molecule has 1 amide bonds. The molecule has 1 atom stereocenters. The predicted octanol–water partition coefficient (Wildman–Crippen LogP) is 2.63. The van der Waals surface area contributed by atoms with Crippen molar-refractivity contribution in [3.8, 4) is 11.5 Å². The van der Waals surface area contributed by atoms with Gasteiger partial charge in [-0.25, -0.2) is 4.79 Å². The molecule has 0 saturated heterocycles. The van der Waals surface area contributed by atoms with Gasteiger partial charge in [-0.05, 0) is 42.0 Å². The van der Waals surface area contributed by atoms with Crippen LogP contribution in [0.25, 0.3) is 0 Å². The molecule has 6 nitrogen and oxygen atoms in total. The normalized spacial score (nSPS) is 11.6. The van der Waals surface area contributed by atoms with Gasteiger partial charge in [-0.3, -0.25) is 4.79 Å². The zero-order valence-electron chi connectivity index (χ0n) is 13.3. The van der Waals surface area contributed by atoms with Crippen LogP contribution in [0.2, 0.25) is 5.02 Å². The second kappa shape index (κ2) is 8.94. The van der Waals surface area contributed by atoms with Gasteiger partial charge in [0.25, 0.3) is 0 Å². The Kier molecular flexibility index (Phi) is 6.65. The molecule has 2 aromatic carbocycles. The maximum absolute atomic E-state index is 11.9. The van der Waals surface area contributed by atoms with Crippen LogP contribution in [0.4, 0.5) is 0 Å². The summed E-state index contributed by atoms with van der Waals surface area (Å²) in [4.78, 5) is 23.3. The van der Waals surface area contributed by atoms with Gasteiger partial charge >= 0.3 is 5.97 Å². The Labute approximate surface area is 150 Å². The third-order valence-electron chi connectivity index (χ3n) is 3.42. The minimum Gasteiger partial charge on any atom is -0.508 e. The minimum atomic E-state index is -1.12. The lowest BCUT2D eigenvalue weighted by molar-refractivity contribution is -0.141. The number of phenols is 1. The molecule has 0 fully saturated rings. The first-order valence-corrected chi connectivity index (χ1v) is 8.00. The highest BCUT2D eigenvalue weighted by atomic mass is 35.5. The average Bonchev–Trinajstić information content (AvgIpc) is 2.58. The first kappa shape index (κ1) is 18.6. The molecule has 0 radical (unpaired) electrons. The summed E-state index contributed by atoms with van der Waals surface area (Å²) in [5, 5.41) is 21.6. The summed E-state index contributed by atoms with van der Waals surface area (Å²) in [6, 6.07) is 11.8. The van der Waals surface area contributed by atoms with Crippen molar-refractivity contribution in [1.29, 1.82) is 0 Å². The van der Waals surface area contributed by atoms with E-state index >= 15 is 0 Å². The van der Waals surface area contributed by atoms with Crippen LogP contribution in [0, 0.1) is 0 Å². The van der Waals surface area contributed by atoms with E-state index < -0.39 is 17.9 Å². The number of nitrogens with one attached hydrogen (secondary N) is 1. The zero-order chi connectivity index (χ0) is 18.2. The SMILES string of the molecule is O=C(CCOc1ccc(Cl)cc1)NC(Cc1ccc(O)cc1)C(=O)O. The van der Waals surface area contributed by atoms with E-state index in [2.05, 4.69) is 5.32 Å². The minimum absolute atomic E-state index is 0.0297. The molecule has 1 unspecified atom stereocenters. The summed E-state index contributed by atoms with van der Waals surface area (Å²) in [5.74, 6) is -0.865.